The fourth-order valence-electron chi connectivity index (χ4n) is 1.92. The Labute approximate surface area is 98.6 Å². The molecule has 4 nitrogen and oxygen atoms in total. The topological polar surface area (TPSA) is 67.6 Å². The van der Waals surface area contributed by atoms with Gasteiger partial charge in [0.15, 0.2) is 11.3 Å². The van der Waals surface area contributed by atoms with Crippen LogP contribution in [0.1, 0.15) is 5.69 Å². The van der Waals surface area contributed by atoms with Gasteiger partial charge in [0, 0.05) is 5.39 Å². The minimum absolute atomic E-state index is 0.0291. The van der Waals surface area contributed by atoms with Gasteiger partial charge in [0.1, 0.15) is 0 Å². The Morgan fingerprint density at radius 3 is 2.61 bits per heavy atom. The minimum Gasteiger partial charge on any atom is -0.398 e. The third-order valence-corrected chi connectivity index (χ3v) is 2.72. The van der Waals surface area contributed by atoms with Gasteiger partial charge in [-0.2, -0.15) is 18.3 Å². The number of nitrogen functional groups attached to an aromatic ring is 1. The van der Waals surface area contributed by atoms with Crippen molar-refractivity contribution in [2.24, 2.45) is 0 Å². The summed E-state index contributed by atoms with van der Waals surface area (Å²) < 4.78 is 38.3. The molecule has 1 aromatic carbocycles. The zero-order valence-electron chi connectivity index (χ0n) is 8.92. The van der Waals surface area contributed by atoms with Crippen LogP contribution in [-0.4, -0.2) is 15.2 Å². The molecule has 2 aromatic heterocycles. The van der Waals surface area contributed by atoms with E-state index in [1.54, 1.807) is 24.3 Å². The number of hydrogen-bond acceptors (Lipinski definition) is 3. The monoisotopic (exact) mass is 252 g/mol. The molecule has 92 valence electrons. The van der Waals surface area contributed by atoms with Crippen LogP contribution in [0, 0.1) is 0 Å². The zero-order valence-corrected chi connectivity index (χ0v) is 8.92. The molecule has 0 radical (unpaired) electrons. The first kappa shape index (κ1) is 10.8. The van der Waals surface area contributed by atoms with Crippen molar-refractivity contribution < 1.29 is 13.2 Å². The number of aromatic nitrogens is 3. The van der Waals surface area contributed by atoms with E-state index in [0.717, 1.165) is 0 Å². The van der Waals surface area contributed by atoms with Crippen LogP contribution in [0.5, 0.6) is 0 Å². The Balaban J connectivity index is 2.49. The number of rotatable bonds is 0. The number of nitrogens with zero attached hydrogens (tertiary/aromatic N) is 2. The predicted molar refractivity (Wildman–Crippen MR) is 60.8 cm³/mol. The summed E-state index contributed by atoms with van der Waals surface area (Å²) in [4.78, 5) is 4.05. The first-order chi connectivity index (χ1) is 8.48. The van der Waals surface area contributed by atoms with E-state index in [4.69, 9.17) is 5.73 Å². The van der Waals surface area contributed by atoms with Crippen molar-refractivity contribution in [3.63, 3.8) is 0 Å². The highest BCUT2D eigenvalue weighted by Gasteiger charge is 2.36. The number of halogens is 3. The van der Waals surface area contributed by atoms with E-state index < -0.39 is 11.9 Å². The molecule has 3 rings (SSSR count). The molecule has 0 aliphatic carbocycles. The average molecular weight is 252 g/mol. The SMILES string of the molecule is Nc1c2ccccc2nc2n[nH]c(C(F)(F)F)c12. The van der Waals surface area contributed by atoms with Gasteiger partial charge in [-0.15, -0.1) is 0 Å². The number of para-hydroxylation sites is 1. The van der Waals surface area contributed by atoms with E-state index >= 15 is 0 Å². The molecule has 0 unspecified atom stereocenters. The molecule has 7 heteroatoms. The fourth-order valence-corrected chi connectivity index (χ4v) is 1.92. The summed E-state index contributed by atoms with van der Waals surface area (Å²) in [5.41, 5.74) is 5.36. The zero-order chi connectivity index (χ0) is 12.9. The summed E-state index contributed by atoms with van der Waals surface area (Å²) in [6, 6.07) is 6.73. The number of aromatic amines is 1. The molecule has 18 heavy (non-hydrogen) atoms. The number of pyridine rings is 1. The highest BCUT2D eigenvalue weighted by molar-refractivity contribution is 6.06. The Morgan fingerprint density at radius 2 is 1.89 bits per heavy atom. The van der Waals surface area contributed by atoms with Crippen molar-refractivity contribution in [1.29, 1.82) is 0 Å². The number of nitrogens with two attached hydrogens (primary N) is 1. The van der Waals surface area contributed by atoms with Crippen LogP contribution in [0.3, 0.4) is 0 Å². The highest BCUT2D eigenvalue weighted by Crippen LogP contribution is 2.37. The van der Waals surface area contributed by atoms with Crippen molar-refractivity contribution in [3.8, 4) is 0 Å². The highest BCUT2D eigenvalue weighted by atomic mass is 19.4. The van der Waals surface area contributed by atoms with Crippen molar-refractivity contribution in [2.75, 3.05) is 5.73 Å². The molecule has 0 atom stereocenters. The number of H-pyrrole nitrogens is 1. The normalized spacial score (nSPS) is 12.4. The van der Waals surface area contributed by atoms with Gasteiger partial charge >= 0.3 is 6.18 Å². The maximum absolute atomic E-state index is 12.8. The minimum atomic E-state index is -4.53. The Hall–Kier alpha value is -2.31. The standard InChI is InChI=1S/C11H7F3N4/c12-11(13,14)9-7-8(15)5-3-1-2-4-6(5)16-10(7)18-17-9/h1-4H,(H3,15,16,17,18). The van der Waals surface area contributed by atoms with E-state index in [1.807, 2.05) is 5.10 Å². The van der Waals surface area contributed by atoms with Crippen LogP contribution in [0.2, 0.25) is 0 Å². The fraction of sp³-hybridized carbons (Fsp3) is 0.0909. The third kappa shape index (κ3) is 1.40. The molecule has 3 N–H and O–H groups in total. The summed E-state index contributed by atoms with van der Waals surface area (Å²) in [6.45, 7) is 0. The lowest BCUT2D eigenvalue weighted by atomic mass is 10.1. The summed E-state index contributed by atoms with van der Waals surface area (Å²) in [7, 11) is 0. The van der Waals surface area contributed by atoms with Crippen molar-refractivity contribution in [2.45, 2.75) is 6.18 Å². The van der Waals surface area contributed by atoms with Gasteiger partial charge in [-0.25, -0.2) is 4.98 Å². The van der Waals surface area contributed by atoms with Gasteiger partial charge in [-0.3, -0.25) is 5.10 Å². The summed E-state index contributed by atoms with van der Waals surface area (Å²) in [5, 5.41) is 5.82. The van der Waals surface area contributed by atoms with E-state index in [9.17, 15) is 13.2 Å². The lowest BCUT2D eigenvalue weighted by molar-refractivity contribution is -0.139. The van der Waals surface area contributed by atoms with Gasteiger partial charge < -0.3 is 5.73 Å². The average Bonchev–Trinajstić information content (AvgIpc) is 2.73. The summed E-state index contributed by atoms with van der Waals surface area (Å²) >= 11 is 0. The van der Waals surface area contributed by atoms with Crippen LogP contribution in [-0.2, 0) is 6.18 Å². The van der Waals surface area contributed by atoms with Crippen LogP contribution >= 0.6 is 0 Å². The third-order valence-electron chi connectivity index (χ3n) is 2.72. The molecule has 3 aromatic rings. The second-order valence-corrected chi connectivity index (χ2v) is 3.84. The number of hydrogen-bond donors (Lipinski definition) is 2. The van der Waals surface area contributed by atoms with Gasteiger partial charge in [0.25, 0.3) is 0 Å². The molecule has 0 fully saturated rings. The molecule has 0 aliphatic rings. The van der Waals surface area contributed by atoms with Gasteiger partial charge in [0.05, 0.1) is 16.6 Å². The van der Waals surface area contributed by atoms with Gasteiger partial charge in [-0.1, -0.05) is 18.2 Å². The van der Waals surface area contributed by atoms with Crippen LogP contribution in [0.4, 0.5) is 18.9 Å². The Kier molecular flexibility index (Phi) is 2.01. The first-order valence-electron chi connectivity index (χ1n) is 5.08. The molecule has 0 aliphatic heterocycles. The molecule has 0 spiro atoms. The smallest absolute Gasteiger partial charge is 0.398 e. The number of fused-ring (bicyclic) bond motifs is 2. The first-order valence-corrected chi connectivity index (χ1v) is 5.08. The number of benzene rings is 1. The summed E-state index contributed by atoms with van der Waals surface area (Å²) in [5.74, 6) is 0. The van der Waals surface area contributed by atoms with E-state index in [1.165, 1.54) is 0 Å². The second-order valence-electron chi connectivity index (χ2n) is 3.84. The van der Waals surface area contributed by atoms with Gasteiger partial charge in [-0.05, 0) is 6.07 Å². The molecule has 2 heterocycles. The van der Waals surface area contributed by atoms with Crippen LogP contribution in [0.15, 0.2) is 24.3 Å². The van der Waals surface area contributed by atoms with Gasteiger partial charge in [0.2, 0.25) is 0 Å². The molecule has 0 amide bonds. The van der Waals surface area contributed by atoms with Crippen molar-refractivity contribution in [3.05, 3.63) is 30.0 Å². The molecule has 0 saturated heterocycles. The number of alkyl halides is 3. The van der Waals surface area contributed by atoms with E-state index in [-0.39, 0.29) is 16.7 Å². The number of nitrogens with one attached hydrogen (secondary N) is 1. The molecule has 0 saturated carbocycles. The van der Waals surface area contributed by atoms with Crippen LogP contribution < -0.4 is 5.73 Å². The van der Waals surface area contributed by atoms with E-state index in [0.29, 0.717) is 10.9 Å². The maximum Gasteiger partial charge on any atom is 0.433 e. The molecular weight excluding hydrogens is 245 g/mol. The Bertz CT molecular complexity index is 745. The van der Waals surface area contributed by atoms with E-state index in [2.05, 4.69) is 10.1 Å². The largest absolute Gasteiger partial charge is 0.433 e. The quantitative estimate of drug-likeness (QED) is 0.646. The lowest BCUT2D eigenvalue weighted by Gasteiger charge is -2.06. The molecular formula is C11H7F3N4. The summed E-state index contributed by atoms with van der Waals surface area (Å²) in [6.07, 6.45) is -4.53. The van der Waals surface area contributed by atoms with Crippen LogP contribution in [0.25, 0.3) is 21.9 Å². The molecule has 0 bridgehead atoms. The van der Waals surface area contributed by atoms with Crippen molar-refractivity contribution in [1.82, 2.24) is 15.2 Å². The number of anilines is 1. The van der Waals surface area contributed by atoms with Crippen molar-refractivity contribution >= 4 is 27.6 Å². The maximum atomic E-state index is 12.8. The Morgan fingerprint density at radius 1 is 1.17 bits per heavy atom. The second kappa shape index (κ2) is 3.34. The lowest BCUT2D eigenvalue weighted by Crippen LogP contribution is -2.07. The predicted octanol–water partition coefficient (Wildman–Crippen LogP) is 2.71.